The van der Waals surface area contributed by atoms with Crippen molar-refractivity contribution in [2.45, 2.75) is 19.4 Å². The van der Waals surface area contributed by atoms with Crippen LogP contribution in [0.5, 0.6) is 5.75 Å². The fourth-order valence-electron chi connectivity index (χ4n) is 3.52. The zero-order valence-electron chi connectivity index (χ0n) is 19.3. The predicted molar refractivity (Wildman–Crippen MR) is 134 cm³/mol. The fraction of sp³-hybridized carbons (Fsp3) is 0.222. The number of nitrogens with one attached hydrogen (secondary N) is 1. The summed E-state index contributed by atoms with van der Waals surface area (Å²) in [7, 11) is 1.51. The highest BCUT2D eigenvalue weighted by Crippen LogP contribution is 2.27. The largest absolute Gasteiger partial charge is 0.497 e. The number of amides is 2. The van der Waals surface area contributed by atoms with Crippen molar-refractivity contribution in [3.8, 4) is 5.75 Å². The van der Waals surface area contributed by atoms with Gasteiger partial charge < -0.3 is 15.0 Å². The monoisotopic (exact) mass is 477 g/mol. The van der Waals surface area contributed by atoms with Crippen LogP contribution in [-0.2, 0) is 4.79 Å². The maximum atomic E-state index is 12.7. The fourth-order valence-corrected chi connectivity index (χ4v) is 3.73. The first-order valence-corrected chi connectivity index (χ1v) is 11.3. The molecular weight excluding hydrogens is 450 g/mol. The molecule has 4 rings (SSSR count). The second kappa shape index (κ2) is 12.6. The topological polar surface area (TPSA) is 71.5 Å². The van der Waals surface area contributed by atoms with E-state index in [-0.39, 0.29) is 24.1 Å². The van der Waals surface area contributed by atoms with Crippen LogP contribution < -0.4 is 10.1 Å². The number of benzene rings is 2. The summed E-state index contributed by atoms with van der Waals surface area (Å²) in [5.74, 6) is -0.0630. The maximum absolute atomic E-state index is 12.7. The Kier molecular flexibility index (Phi) is 9.23. The number of pyridine rings is 1. The summed E-state index contributed by atoms with van der Waals surface area (Å²) in [6.07, 6.45) is 8.18. The van der Waals surface area contributed by atoms with Gasteiger partial charge in [-0.05, 0) is 43.2 Å². The van der Waals surface area contributed by atoms with Gasteiger partial charge in [0.25, 0.3) is 5.91 Å². The second-order valence-corrected chi connectivity index (χ2v) is 8.15. The van der Waals surface area contributed by atoms with Crippen molar-refractivity contribution in [3.63, 3.8) is 0 Å². The summed E-state index contributed by atoms with van der Waals surface area (Å²) < 4.78 is 5.12. The minimum absolute atomic E-state index is 0.0893. The Hall–Kier alpha value is -3.64. The molecule has 3 aromatic rings. The van der Waals surface area contributed by atoms with Crippen molar-refractivity contribution in [1.29, 1.82) is 0 Å². The number of methoxy groups -OCH3 is 1. The van der Waals surface area contributed by atoms with Gasteiger partial charge in [0.15, 0.2) is 0 Å². The molecule has 0 fully saturated rings. The third-order valence-corrected chi connectivity index (χ3v) is 5.68. The van der Waals surface area contributed by atoms with Crippen LogP contribution >= 0.6 is 11.6 Å². The van der Waals surface area contributed by atoms with Crippen LogP contribution in [0.2, 0.25) is 5.02 Å². The lowest BCUT2D eigenvalue weighted by atomic mass is 10.0. The van der Waals surface area contributed by atoms with E-state index in [9.17, 15) is 9.59 Å². The van der Waals surface area contributed by atoms with Crippen LogP contribution in [-0.4, -0.2) is 41.9 Å². The molecule has 1 N–H and O–H groups in total. The molecule has 1 aromatic heterocycles. The smallest absolute Gasteiger partial charge is 0.253 e. The van der Waals surface area contributed by atoms with Crippen molar-refractivity contribution in [2.24, 2.45) is 0 Å². The van der Waals surface area contributed by atoms with E-state index in [0.717, 1.165) is 5.56 Å². The number of carbonyl (C=O) groups excluding carboxylic acids is 2. The highest BCUT2D eigenvalue weighted by molar-refractivity contribution is 6.33. The van der Waals surface area contributed by atoms with Gasteiger partial charge in [0.05, 0.1) is 30.3 Å². The molecule has 6 nitrogen and oxygen atoms in total. The standard InChI is InChI=1S/C20H20ClN3O3.C7H8/c1-27-15-7-8-17(21)16(11-15)20(26)23-13-19(25)24-10-3-2-6-18(24)14-5-4-9-22-12-14;1-7-5-3-2-4-6-7/h2-5,7-9,11-12,18H,6,10,13H2,1H3,(H,23,26);2-6H,1H3. The molecule has 2 heterocycles. The van der Waals surface area contributed by atoms with E-state index in [1.807, 2.05) is 36.4 Å². The zero-order valence-corrected chi connectivity index (χ0v) is 20.0. The normalized spacial score (nSPS) is 14.6. The molecule has 0 saturated carbocycles. The van der Waals surface area contributed by atoms with Crippen LogP contribution in [0.1, 0.15) is 33.9 Å². The van der Waals surface area contributed by atoms with E-state index in [1.54, 1.807) is 35.5 Å². The van der Waals surface area contributed by atoms with Gasteiger partial charge in [-0.25, -0.2) is 0 Å². The number of hydrogen-bond donors (Lipinski definition) is 1. The first-order chi connectivity index (χ1) is 16.5. The molecule has 0 saturated heterocycles. The molecule has 0 aliphatic carbocycles. The molecule has 0 bridgehead atoms. The zero-order chi connectivity index (χ0) is 24.3. The highest BCUT2D eigenvalue weighted by atomic mass is 35.5. The number of carbonyl (C=O) groups is 2. The van der Waals surface area contributed by atoms with Crippen molar-refractivity contribution in [3.05, 3.63) is 107 Å². The molecule has 7 heteroatoms. The maximum Gasteiger partial charge on any atom is 0.253 e. The molecule has 2 amide bonds. The van der Waals surface area contributed by atoms with Crippen molar-refractivity contribution in [2.75, 3.05) is 20.2 Å². The SMILES string of the molecule is COc1ccc(Cl)c(C(=O)NCC(=O)N2CC=CCC2c2cccnc2)c1.Cc1ccccc1. The number of nitrogens with zero attached hydrogens (tertiary/aromatic N) is 2. The van der Waals surface area contributed by atoms with Gasteiger partial charge in [-0.1, -0.05) is 65.7 Å². The number of ether oxygens (including phenoxy) is 1. The average Bonchev–Trinajstić information content (AvgIpc) is 2.88. The van der Waals surface area contributed by atoms with Gasteiger partial charge in [-0.3, -0.25) is 14.6 Å². The van der Waals surface area contributed by atoms with Gasteiger partial charge in [-0.15, -0.1) is 0 Å². The Morgan fingerprint density at radius 3 is 2.56 bits per heavy atom. The summed E-state index contributed by atoms with van der Waals surface area (Å²) in [6, 6.07) is 18.8. The van der Waals surface area contributed by atoms with E-state index >= 15 is 0 Å². The minimum atomic E-state index is -0.419. The Labute approximate surface area is 205 Å². The van der Waals surface area contributed by atoms with Crippen LogP contribution in [0.3, 0.4) is 0 Å². The lowest BCUT2D eigenvalue weighted by molar-refractivity contribution is -0.132. The summed E-state index contributed by atoms with van der Waals surface area (Å²) in [4.78, 5) is 31.0. The van der Waals surface area contributed by atoms with Gasteiger partial charge in [-0.2, -0.15) is 0 Å². The second-order valence-electron chi connectivity index (χ2n) is 7.74. The Bertz CT molecular complexity index is 1120. The first-order valence-electron chi connectivity index (χ1n) is 11.0. The van der Waals surface area contributed by atoms with Crippen LogP contribution in [0.25, 0.3) is 0 Å². The highest BCUT2D eigenvalue weighted by Gasteiger charge is 2.26. The molecular formula is C27H28ClN3O3. The molecule has 1 aliphatic rings. The summed E-state index contributed by atoms with van der Waals surface area (Å²) in [5.41, 5.74) is 2.56. The Morgan fingerprint density at radius 1 is 1.12 bits per heavy atom. The van der Waals surface area contributed by atoms with E-state index < -0.39 is 5.91 Å². The number of halogens is 1. The number of rotatable bonds is 5. The van der Waals surface area contributed by atoms with Crippen LogP contribution in [0.4, 0.5) is 0 Å². The molecule has 1 unspecified atom stereocenters. The number of aromatic nitrogens is 1. The Balaban J connectivity index is 0.000000396. The molecule has 0 radical (unpaired) electrons. The lowest BCUT2D eigenvalue weighted by Gasteiger charge is -2.33. The van der Waals surface area contributed by atoms with Gasteiger partial charge in [0.1, 0.15) is 5.75 Å². The first kappa shape index (κ1) is 25.0. The van der Waals surface area contributed by atoms with Crippen LogP contribution in [0, 0.1) is 6.92 Å². The molecule has 0 spiro atoms. The Morgan fingerprint density at radius 2 is 1.91 bits per heavy atom. The molecule has 34 heavy (non-hydrogen) atoms. The molecule has 2 aromatic carbocycles. The third kappa shape index (κ3) is 6.93. The van der Waals surface area contributed by atoms with E-state index in [2.05, 4.69) is 35.4 Å². The summed E-state index contributed by atoms with van der Waals surface area (Å²) in [5, 5.41) is 2.95. The number of aryl methyl sites for hydroxylation is 1. The molecule has 1 aliphatic heterocycles. The average molecular weight is 478 g/mol. The van der Waals surface area contributed by atoms with Gasteiger partial charge >= 0.3 is 0 Å². The molecule has 1 atom stereocenters. The van der Waals surface area contributed by atoms with Gasteiger partial charge in [0.2, 0.25) is 5.91 Å². The van der Waals surface area contributed by atoms with Crippen molar-refractivity contribution >= 4 is 23.4 Å². The van der Waals surface area contributed by atoms with Crippen LogP contribution in [0.15, 0.2) is 85.2 Å². The van der Waals surface area contributed by atoms with Crippen molar-refractivity contribution < 1.29 is 14.3 Å². The van der Waals surface area contributed by atoms with Crippen molar-refractivity contribution in [1.82, 2.24) is 15.2 Å². The summed E-state index contributed by atoms with van der Waals surface area (Å²) in [6.45, 7) is 2.46. The lowest BCUT2D eigenvalue weighted by Crippen LogP contribution is -2.43. The summed E-state index contributed by atoms with van der Waals surface area (Å²) >= 11 is 6.09. The van der Waals surface area contributed by atoms with Gasteiger partial charge in [0, 0.05) is 18.9 Å². The van der Waals surface area contributed by atoms with E-state index in [1.165, 1.54) is 12.7 Å². The predicted octanol–water partition coefficient (Wildman–Crippen LogP) is 5.00. The minimum Gasteiger partial charge on any atom is -0.497 e. The van der Waals surface area contributed by atoms with E-state index in [4.69, 9.17) is 16.3 Å². The quantitative estimate of drug-likeness (QED) is 0.525. The molecule has 176 valence electrons. The van der Waals surface area contributed by atoms with E-state index in [0.29, 0.717) is 23.7 Å². The third-order valence-electron chi connectivity index (χ3n) is 5.35. The number of hydrogen-bond acceptors (Lipinski definition) is 4.